The van der Waals surface area contributed by atoms with E-state index in [2.05, 4.69) is 5.32 Å². The maximum Gasteiger partial charge on any atom is 0.417 e. The predicted octanol–water partition coefficient (Wildman–Crippen LogP) is 4.43. The lowest BCUT2D eigenvalue weighted by Crippen LogP contribution is -2.30. The summed E-state index contributed by atoms with van der Waals surface area (Å²) < 4.78 is 43.7. The number of hydrogen-bond donors (Lipinski definition) is 1. The van der Waals surface area contributed by atoms with E-state index in [1.54, 1.807) is 30.3 Å². The van der Waals surface area contributed by atoms with E-state index in [4.69, 9.17) is 16.3 Å². The molecule has 0 fully saturated rings. The molecule has 0 heterocycles. The summed E-state index contributed by atoms with van der Waals surface area (Å²) in [5, 5.41) is 1.87. The molecule has 2 rings (SSSR count). The molecular formula is C16H13ClF3NO2. The Labute approximate surface area is 136 Å². The smallest absolute Gasteiger partial charge is 0.357 e. The summed E-state index contributed by atoms with van der Waals surface area (Å²) in [6.45, 7) is 0. The maximum absolute atomic E-state index is 12.8. The molecule has 122 valence electrons. The van der Waals surface area contributed by atoms with Crippen LogP contribution >= 0.6 is 11.6 Å². The predicted molar refractivity (Wildman–Crippen MR) is 80.1 cm³/mol. The van der Waals surface area contributed by atoms with Crippen LogP contribution in [0.2, 0.25) is 5.02 Å². The van der Waals surface area contributed by atoms with E-state index in [0.29, 0.717) is 5.56 Å². The van der Waals surface area contributed by atoms with Crippen LogP contribution in [0.15, 0.2) is 48.5 Å². The highest BCUT2D eigenvalue weighted by Crippen LogP contribution is 2.36. The normalized spacial score (nSPS) is 12.7. The molecule has 2 aromatic rings. The average Bonchev–Trinajstić information content (AvgIpc) is 2.52. The Kier molecular flexibility index (Phi) is 5.28. The zero-order chi connectivity index (χ0) is 17.0. The third kappa shape index (κ3) is 4.03. The number of alkyl halides is 3. The van der Waals surface area contributed by atoms with Crippen LogP contribution in [-0.4, -0.2) is 13.0 Å². The molecule has 3 nitrogen and oxygen atoms in total. The van der Waals surface area contributed by atoms with Crippen molar-refractivity contribution in [2.24, 2.45) is 0 Å². The Bertz CT molecular complexity index is 689. The summed E-state index contributed by atoms with van der Waals surface area (Å²) in [4.78, 5) is 12.2. The van der Waals surface area contributed by atoms with Gasteiger partial charge in [-0.15, -0.1) is 0 Å². The van der Waals surface area contributed by atoms with Crippen LogP contribution in [0.1, 0.15) is 27.7 Å². The molecule has 7 heteroatoms. The number of ether oxygens (including phenoxy) is 1. The Hall–Kier alpha value is -2.05. The lowest BCUT2D eigenvalue weighted by Gasteiger charge is -2.18. The molecule has 1 amide bonds. The van der Waals surface area contributed by atoms with Crippen molar-refractivity contribution in [1.82, 2.24) is 5.32 Å². The minimum atomic E-state index is -4.63. The SMILES string of the molecule is CO[C@@H](NC(=O)c1cccc(C(F)(F)F)c1Cl)c1ccccc1. The van der Waals surface area contributed by atoms with Crippen molar-refractivity contribution >= 4 is 17.5 Å². The molecular weight excluding hydrogens is 331 g/mol. The fourth-order valence-corrected chi connectivity index (χ4v) is 2.35. The number of nitrogens with one attached hydrogen (secondary N) is 1. The van der Waals surface area contributed by atoms with Gasteiger partial charge in [0.1, 0.15) is 0 Å². The van der Waals surface area contributed by atoms with Crippen molar-refractivity contribution < 1.29 is 22.7 Å². The fraction of sp³-hybridized carbons (Fsp3) is 0.188. The Morgan fingerprint density at radius 2 is 1.78 bits per heavy atom. The van der Waals surface area contributed by atoms with E-state index >= 15 is 0 Å². The van der Waals surface area contributed by atoms with Gasteiger partial charge in [0.15, 0.2) is 6.23 Å². The molecule has 0 saturated heterocycles. The molecule has 2 aromatic carbocycles. The Morgan fingerprint density at radius 1 is 1.13 bits per heavy atom. The number of benzene rings is 2. The molecule has 1 N–H and O–H groups in total. The van der Waals surface area contributed by atoms with Crippen LogP contribution in [0.4, 0.5) is 13.2 Å². The van der Waals surface area contributed by atoms with E-state index in [-0.39, 0.29) is 5.56 Å². The lowest BCUT2D eigenvalue weighted by molar-refractivity contribution is -0.137. The molecule has 0 radical (unpaired) electrons. The Morgan fingerprint density at radius 3 is 2.35 bits per heavy atom. The minimum Gasteiger partial charge on any atom is -0.357 e. The molecule has 0 bridgehead atoms. The molecule has 0 unspecified atom stereocenters. The largest absolute Gasteiger partial charge is 0.417 e. The second kappa shape index (κ2) is 7.02. The van der Waals surface area contributed by atoms with Crippen LogP contribution < -0.4 is 5.32 Å². The van der Waals surface area contributed by atoms with Crippen molar-refractivity contribution in [1.29, 1.82) is 0 Å². The van der Waals surface area contributed by atoms with Crippen LogP contribution in [0, 0.1) is 0 Å². The maximum atomic E-state index is 12.8. The summed E-state index contributed by atoms with van der Waals surface area (Å²) in [5.41, 5.74) is -0.661. The average molecular weight is 344 g/mol. The van der Waals surface area contributed by atoms with Crippen molar-refractivity contribution in [2.75, 3.05) is 7.11 Å². The minimum absolute atomic E-state index is 0.264. The van der Waals surface area contributed by atoms with Crippen LogP contribution in [-0.2, 0) is 10.9 Å². The van der Waals surface area contributed by atoms with Gasteiger partial charge in [-0.25, -0.2) is 0 Å². The first-order chi connectivity index (χ1) is 10.8. The fourth-order valence-electron chi connectivity index (χ4n) is 2.03. The quantitative estimate of drug-likeness (QED) is 0.834. The van der Waals surface area contributed by atoms with E-state index < -0.39 is 28.9 Å². The zero-order valence-corrected chi connectivity index (χ0v) is 12.8. The molecule has 0 aliphatic rings. The van der Waals surface area contributed by atoms with Gasteiger partial charge in [-0.2, -0.15) is 13.2 Å². The van der Waals surface area contributed by atoms with Gasteiger partial charge < -0.3 is 10.1 Å². The highest BCUT2D eigenvalue weighted by molar-refractivity contribution is 6.34. The second-order valence-corrected chi connectivity index (χ2v) is 5.04. The summed E-state index contributed by atoms with van der Waals surface area (Å²) in [6, 6.07) is 11.9. The van der Waals surface area contributed by atoms with Gasteiger partial charge in [0.05, 0.1) is 16.1 Å². The van der Waals surface area contributed by atoms with Crippen LogP contribution in [0.25, 0.3) is 0 Å². The van der Waals surface area contributed by atoms with Gasteiger partial charge >= 0.3 is 6.18 Å². The van der Waals surface area contributed by atoms with Crippen molar-refractivity contribution in [3.8, 4) is 0 Å². The topological polar surface area (TPSA) is 38.3 Å². The van der Waals surface area contributed by atoms with Gasteiger partial charge in [-0.05, 0) is 12.1 Å². The molecule has 0 aliphatic heterocycles. The third-order valence-corrected chi connectivity index (χ3v) is 3.56. The number of hydrogen-bond acceptors (Lipinski definition) is 2. The highest BCUT2D eigenvalue weighted by atomic mass is 35.5. The Balaban J connectivity index is 2.27. The molecule has 0 aromatic heterocycles. The molecule has 23 heavy (non-hydrogen) atoms. The summed E-state index contributed by atoms with van der Waals surface area (Å²) >= 11 is 5.74. The van der Waals surface area contributed by atoms with E-state index in [1.165, 1.54) is 13.2 Å². The van der Waals surface area contributed by atoms with E-state index in [0.717, 1.165) is 12.1 Å². The van der Waals surface area contributed by atoms with E-state index in [9.17, 15) is 18.0 Å². The van der Waals surface area contributed by atoms with Gasteiger partial charge in [0.25, 0.3) is 5.91 Å². The van der Waals surface area contributed by atoms with Gasteiger partial charge in [-0.3, -0.25) is 4.79 Å². The molecule has 1 atom stereocenters. The lowest BCUT2D eigenvalue weighted by atomic mass is 10.1. The van der Waals surface area contributed by atoms with Gasteiger partial charge in [0, 0.05) is 12.7 Å². The number of rotatable bonds is 4. The number of amides is 1. The summed E-state index contributed by atoms with van der Waals surface area (Å²) in [7, 11) is 1.38. The molecule has 0 spiro atoms. The van der Waals surface area contributed by atoms with Gasteiger partial charge in [0.2, 0.25) is 0 Å². The molecule has 0 saturated carbocycles. The van der Waals surface area contributed by atoms with Crippen LogP contribution in [0.3, 0.4) is 0 Å². The molecule has 0 aliphatic carbocycles. The van der Waals surface area contributed by atoms with E-state index in [1.807, 2.05) is 0 Å². The monoisotopic (exact) mass is 343 g/mol. The number of carbonyl (C=O) groups excluding carboxylic acids is 1. The van der Waals surface area contributed by atoms with Crippen molar-refractivity contribution in [3.63, 3.8) is 0 Å². The van der Waals surface area contributed by atoms with Crippen molar-refractivity contribution in [3.05, 3.63) is 70.2 Å². The first-order valence-corrected chi connectivity index (χ1v) is 6.96. The zero-order valence-electron chi connectivity index (χ0n) is 12.0. The third-order valence-electron chi connectivity index (χ3n) is 3.15. The number of methoxy groups -OCH3 is 1. The van der Waals surface area contributed by atoms with Gasteiger partial charge in [-0.1, -0.05) is 48.0 Å². The first-order valence-electron chi connectivity index (χ1n) is 6.59. The second-order valence-electron chi connectivity index (χ2n) is 4.66. The first kappa shape index (κ1) is 17.3. The summed E-state index contributed by atoms with van der Waals surface area (Å²) in [6.07, 6.45) is -5.43. The number of halogens is 4. The highest BCUT2D eigenvalue weighted by Gasteiger charge is 2.34. The van der Waals surface area contributed by atoms with Crippen LogP contribution in [0.5, 0.6) is 0 Å². The number of carbonyl (C=O) groups is 1. The standard InChI is InChI=1S/C16H13ClF3NO2/c1-23-15(10-6-3-2-4-7-10)21-14(22)11-8-5-9-12(13(11)17)16(18,19)20/h2-9,15H,1H3,(H,21,22)/t15-/m1/s1. The van der Waals surface area contributed by atoms with Crippen molar-refractivity contribution in [2.45, 2.75) is 12.4 Å². The summed E-state index contributed by atoms with van der Waals surface area (Å²) in [5.74, 6) is -0.753.